The summed E-state index contributed by atoms with van der Waals surface area (Å²) in [4.78, 5) is 20.2. The molecular weight excluding hydrogens is 461 g/mol. The van der Waals surface area contributed by atoms with Gasteiger partial charge in [0, 0.05) is 17.3 Å². The molecule has 9 heteroatoms. The van der Waals surface area contributed by atoms with Gasteiger partial charge in [-0.3, -0.25) is 0 Å². The Balaban J connectivity index is 1.74. The number of carbonyl (C=O) groups is 1. The Hall–Kier alpha value is -3.62. The van der Waals surface area contributed by atoms with E-state index < -0.39 is 23.3 Å². The Morgan fingerprint density at radius 3 is 2.20 bits per heavy atom. The summed E-state index contributed by atoms with van der Waals surface area (Å²) in [5.74, 6) is 0.240. The molecule has 35 heavy (non-hydrogen) atoms. The van der Waals surface area contributed by atoms with E-state index in [1.165, 1.54) is 26.0 Å². The van der Waals surface area contributed by atoms with Crippen LogP contribution in [0.1, 0.15) is 50.4 Å². The zero-order valence-electron chi connectivity index (χ0n) is 19.7. The molecule has 0 amide bonds. The number of rotatable bonds is 10. The lowest BCUT2D eigenvalue weighted by Gasteiger charge is -2.21. The first-order valence-corrected chi connectivity index (χ1v) is 11.2. The number of ether oxygens (including phenoxy) is 2. The molecule has 0 aliphatic carbocycles. The molecule has 1 N–H and O–H groups in total. The van der Waals surface area contributed by atoms with E-state index in [0.29, 0.717) is 29.3 Å². The topological polar surface area (TPSA) is 81.5 Å². The number of aromatic nitrogens is 2. The van der Waals surface area contributed by atoms with Crippen LogP contribution in [0.3, 0.4) is 0 Å². The highest BCUT2D eigenvalue weighted by molar-refractivity contribution is 5.76. The van der Waals surface area contributed by atoms with Crippen molar-refractivity contribution in [2.45, 2.75) is 58.4 Å². The van der Waals surface area contributed by atoms with Gasteiger partial charge in [-0.1, -0.05) is 25.5 Å². The Labute approximate surface area is 201 Å². The van der Waals surface area contributed by atoms with Crippen molar-refractivity contribution in [2.24, 2.45) is 0 Å². The molecule has 1 aromatic heterocycles. The number of unbranched alkanes of at least 4 members (excludes halogenated alkanes) is 1. The second kappa shape index (κ2) is 10.8. The fourth-order valence-corrected chi connectivity index (χ4v) is 3.17. The van der Waals surface area contributed by atoms with Crippen LogP contribution in [0.15, 0.2) is 54.7 Å². The van der Waals surface area contributed by atoms with Crippen molar-refractivity contribution in [1.82, 2.24) is 9.97 Å². The van der Waals surface area contributed by atoms with Gasteiger partial charge in [-0.2, -0.15) is 13.2 Å². The van der Waals surface area contributed by atoms with E-state index in [0.717, 1.165) is 36.2 Å². The van der Waals surface area contributed by atoms with Crippen molar-refractivity contribution in [3.8, 4) is 22.9 Å². The molecule has 0 saturated carbocycles. The van der Waals surface area contributed by atoms with E-state index in [-0.39, 0.29) is 6.61 Å². The molecule has 2 aromatic carbocycles. The lowest BCUT2D eigenvalue weighted by Crippen LogP contribution is -2.37. The number of halogens is 3. The first-order chi connectivity index (χ1) is 16.5. The van der Waals surface area contributed by atoms with E-state index in [4.69, 9.17) is 9.47 Å². The third kappa shape index (κ3) is 6.94. The van der Waals surface area contributed by atoms with Gasteiger partial charge in [-0.25, -0.2) is 14.8 Å². The molecule has 0 bridgehead atoms. The van der Waals surface area contributed by atoms with Crippen LogP contribution in [-0.2, 0) is 24.0 Å². The average Bonchev–Trinajstić information content (AvgIpc) is 2.82. The fourth-order valence-electron chi connectivity index (χ4n) is 3.17. The number of aliphatic carboxylic acids is 1. The second-order valence-electron chi connectivity index (χ2n) is 8.52. The minimum Gasteiger partial charge on any atom is -0.489 e. The van der Waals surface area contributed by atoms with Crippen molar-refractivity contribution in [3.05, 3.63) is 71.5 Å². The Bertz CT molecular complexity index is 1140. The zero-order chi connectivity index (χ0) is 25.6. The first kappa shape index (κ1) is 26.0. The van der Waals surface area contributed by atoms with Gasteiger partial charge in [0.25, 0.3) is 0 Å². The smallest absolute Gasteiger partial charge is 0.416 e. The molecule has 0 aliphatic rings. The summed E-state index contributed by atoms with van der Waals surface area (Å²) >= 11 is 0. The number of hydrogen-bond acceptors (Lipinski definition) is 5. The van der Waals surface area contributed by atoms with Gasteiger partial charge < -0.3 is 14.6 Å². The van der Waals surface area contributed by atoms with Crippen molar-refractivity contribution in [3.63, 3.8) is 0 Å². The van der Waals surface area contributed by atoms with Crippen LogP contribution >= 0.6 is 0 Å². The van der Waals surface area contributed by atoms with E-state index in [2.05, 4.69) is 16.9 Å². The van der Waals surface area contributed by atoms with Crippen LogP contribution in [-0.4, -0.2) is 26.6 Å². The Morgan fingerprint density at radius 2 is 1.63 bits per heavy atom. The van der Waals surface area contributed by atoms with Crippen LogP contribution in [0.4, 0.5) is 13.2 Å². The van der Waals surface area contributed by atoms with Crippen molar-refractivity contribution in [2.75, 3.05) is 0 Å². The molecule has 1 heterocycles. The molecule has 0 radical (unpaired) electrons. The highest BCUT2D eigenvalue weighted by atomic mass is 19.4. The average molecular weight is 489 g/mol. The third-order valence-corrected chi connectivity index (χ3v) is 5.30. The molecule has 0 unspecified atom stereocenters. The van der Waals surface area contributed by atoms with Crippen LogP contribution in [0, 0.1) is 0 Å². The molecular formula is C26H27F3N2O4. The number of aryl methyl sites for hydroxylation is 1. The number of benzene rings is 2. The third-order valence-electron chi connectivity index (χ3n) is 5.30. The minimum atomic E-state index is -4.40. The van der Waals surface area contributed by atoms with E-state index in [1.54, 1.807) is 30.5 Å². The molecule has 0 spiro atoms. The zero-order valence-corrected chi connectivity index (χ0v) is 19.7. The van der Waals surface area contributed by atoms with E-state index in [9.17, 15) is 23.1 Å². The number of hydrogen-bond donors (Lipinski definition) is 1. The predicted molar refractivity (Wildman–Crippen MR) is 124 cm³/mol. The number of nitrogens with zero attached hydrogens (tertiary/aromatic N) is 2. The molecule has 186 valence electrons. The van der Waals surface area contributed by atoms with Crippen LogP contribution in [0.25, 0.3) is 11.4 Å². The van der Waals surface area contributed by atoms with Gasteiger partial charge in [0.05, 0.1) is 11.3 Å². The van der Waals surface area contributed by atoms with Crippen LogP contribution in [0.2, 0.25) is 0 Å². The summed E-state index contributed by atoms with van der Waals surface area (Å²) < 4.78 is 49.9. The molecule has 0 fully saturated rings. The Morgan fingerprint density at radius 1 is 1.00 bits per heavy atom. The first-order valence-electron chi connectivity index (χ1n) is 11.2. The predicted octanol–water partition coefficient (Wildman–Crippen LogP) is 6.33. The summed E-state index contributed by atoms with van der Waals surface area (Å²) in [6.07, 6.45) is -0.236. The standard InChI is InChI=1S/C26H27F3N2O4/c1-4-5-6-22-18(15-30-23(31-22)17-7-9-19(10-8-17)26(27,28)29)16-34-20-11-13-21(14-12-20)35-25(2,3)24(32)33/h7-15H,4-6,16H2,1-3H3,(H,32,33). The SMILES string of the molecule is CCCCc1nc(-c2ccc(C(F)(F)F)cc2)ncc1COc1ccc(OC(C)(C)C(=O)O)cc1. The highest BCUT2D eigenvalue weighted by Crippen LogP contribution is 2.30. The van der Waals surface area contributed by atoms with Crippen LogP contribution in [0.5, 0.6) is 11.5 Å². The molecule has 6 nitrogen and oxygen atoms in total. The molecule has 0 saturated heterocycles. The van der Waals surface area contributed by atoms with Gasteiger partial charge in [-0.05, 0) is 63.1 Å². The van der Waals surface area contributed by atoms with Crippen molar-refractivity contribution < 1.29 is 32.5 Å². The van der Waals surface area contributed by atoms with Crippen LogP contribution < -0.4 is 9.47 Å². The van der Waals surface area contributed by atoms with Crippen molar-refractivity contribution >= 4 is 5.97 Å². The largest absolute Gasteiger partial charge is 0.489 e. The van der Waals surface area contributed by atoms with Gasteiger partial charge in [-0.15, -0.1) is 0 Å². The summed E-state index contributed by atoms with van der Waals surface area (Å²) in [6, 6.07) is 11.4. The number of carboxylic acid groups (broad SMARTS) is 1. The summed E-state index contributed by atoms with van der Waals surface area (Å²) in [5, 5.41) is 9.18. The molecule has 0 atom stereocenters. The fraction of sp³-hybridized carbons (Fsp3) is 0.346. The second-order valence-corrected chi connectivity index (χ2v) is 8.52. The molecule has 0 aliphatic heterocycles. The van der Waals surface area contributed by atoms with Gasteiger partial charge in [0.1, 0.15) is 18.1 Å². The lowest BCUT2D eigenvalue weighted by atomic mass is 10.1. The lowest BCUT2D eigenvalue weighted by molar-refractivity contribution is -0.152. The quantitative estimate of drug-likeness (QED) is 0.359. The van der Waals surface area contributed by atoms with E-state index in [1.807, 2.05) is 0 Å². The number of carboxylic acids is 1. The van der Waals surface area contributed by atoms with Gasteiger partial charge in [0.15, 0.2) is 11.4 Å². The van der Waals surface area contributed by atoms with E-state index >= 15 is 0 Å². The highest BCUT2D eigenvalue weighted by Gasteiger charge is 2.30. The summed E-state index contributed by atoms with van der Waals surface area (Å²) in [6.45, 7) is 5.19. The maximum atomic E-state index is 12.9. The summed E-state index contributed by atoms with van der Waals surface area (Å²) in [5.41, 5.74) is -0.0206. The van der Waals surface area contributed by atoms with Gasteiger partial charge >= 0.3 is 12.1 Å². The van der Waals surface area contributed by atoms with Gasteiger partial charge in [0.2, 0.25) is 0 Å². The maximum Gasteiger partial charge on any atom is 0.416 e. The minimum absolute atomic E-state index is 0.202. The number of alkyl halides is 3. The molecule has 3 aromatic rings. The summed E-state index contributed by atoms with van der Waals surface area (Å²) in [7, 11) is 0. The normalized spacial score (nSPS) is 11.8. The Kier molecular flexibility index (Phi) is 7.99. The monoisotopic (exact) mass is 488 g/mol. The maximum absolute atomic E-state index is 12.9. The van der Waals surface area contributed by atoms with Crippen molar-refractivity contribution in [1.29, 1.82) is 0 Å². The molecule has 3 rings (SSSR count).